The van der Waals surface area contributed by atoms with Gasteiger partial charge in [0.2, 0.25) is 0 Å². The Hall–Kier alpha value is -2.05. The van der Waals surface area contributed by atoms with Crippen LogP contribution in [0, 0.1) is 13.8 Å². The zero-order valence-electron chi connectivity index (χ0n) is 17.4. The number of hydrogen-bond acceptors (Lipinski definition) is 5. The van der Waals surface area contributed by atoms with E-state index in [-0.39, 0.29) is 5.91 Å². The summed E-state index contributed by atoms with van der Waals surface area (Å²) in [6.07, 6.45) is 0. The second-order valence-electron chi connectivity index (χ2n) is 7.90. The summed E-state index contributed by atoms with van der Waals surface area (Å²) < 4.78 is 1.27. The third kappa shape index (κ3) is 4.43. The average Bonchev–Trinajstić information content (AvgIpc) is 3.12. The maximum Gasteiger partial charge on any atom is 0.254 e. The molecule has 4 rings (SSSR count). The molecule has 6 heteroatoms. The van der Waals surface area contributed by atoms with Gasteiger partial charge in [-0.25, -0.2) is 4.98 Å². The van der Waals surface area contributed by atoms with Gasteiger partial charge in [-0.05, 0) is 49.2 Å². The SMILES string of the molecule is Cc1cc(C)c2sc(N3CCN(C(=O)c4cccc(SC(C)C)c4)CC3)nc2c1. The lowest BCUT2D eigenvalue weighted by atomic mass is 10.1. The van der Waals surface area contributed by atoms with Crippen LogP contribution in [0.2, 0.25) is 0 Å². The first kappa shape index (κ1) is 20.2. The number of carbonyl (C=O) groups excluding carboxylic acids is 1. The van der Waals surface area contributed by atoms with Gasteiger partial charge in [0.1, 0.15) is 0 Å². The second-order valence-corrected chi connectivity index (χ2v) is 10.5. The van der Waals surface area contributed by atoms with E-state index in [1.807, 2.05) is 23.1 Å². The molecule has 152 valence electrons. The fourth-order valence-electron chi connectivity index (χ4n) is 3.76. The standard InChI is InChI=1S/C23H27N3OS2/c1-15(2)28-19-7-5-6-18(14-19)22(27)25-8-10-26(11-9-25)23-24-20-13-16(3)12-17(4)21(20)29-23/h5-7,12-15H,8-11H2,1-4H3. The minimum atomic E-state index is 0.131. The molecule has 1 aliphatic rings. The molecule has 29 heavy (non-hydrogen) atoms. The predicted octanol–water partition coefficient (Wildman–Crippen LogP) is 5.38. The van der Waals surface area contributed by atoms with Crippen molar-refractivity contribution < 1.29 is 4.79 Å². The number of thiazole rings is 1. The summed E-state index contributed by atoms with van der Waals surface area (Å²) in [7, 11) is 0. The third-order valence-electron chi connectivity index (χ3n) is 5.10. The van der Waals surface area contributed by atoms with E-state index < -0.39 is 0 Å². The van der Waals surface area contributed by atoms with E-state index in [1.165, 1.54) is 15.8 Å². The molecule has 2 aromatic carbocycles. The summed E-state index contributed by atoms with van der Waals surface area (Å²) in [5.74, 6) is 0.131. The number of nitrogens with zero attached hydrogens (tertiary/aromatic N) is 3. The van der Waals surface area contributed by atoms with Crippen molar-refractivity contribution in [3.05, 3.63) is 53.1 Å². The maximum absolute atomic E-state index is 13.0. The summed E-state index contributed by atoms with van der Waals surface area (Å²) in [4.78, 5) is 23.3. The van der Waals surface area contributed by atoms with Crippen molar-refractivity contribution in [2.75, 3.05) is 31.1 Å². The van der Waals surface area contributed by atoms with E-state index in [0.29, 0.717) is 5.25 Å². The van der Waals surface area contributed by atoms with Gasteiger partial charge in [-0.2, -0.15) is 0 Å². The zero-order valence-corrected chi connectivity index (χ0v) is 19.1. The number of rotatable bonds is 4. The van der Waals surface area contributed by atoms with Gasteiger partial charge >= 0.3 is 0 Å². The van der Waals surface area contributed by atoms with Crippen LogP contribution in [-0.2, 0) is 0 Å². The fourth-order valence-corrected chi connectivity index (χ4v) is 5.72. The Morgan fingerprint density at radius 3 is 2.59 bits per heavy atom. The summed E-state index contributed by atoms with van der Waals surface area (Å²) in [5, 5.41) is 1.57. The average molecular weight is 426 g/mol. The first-order valence-electron chi connectivity index (χ1n) is 10.1. The van der Waals surface area contributed by atoms with Gasteiger partial charge in [-0.3, -0.25) is 4.79 Å². The highest BCUT2D eigenvalue weighted by atomic mass is 32.2. The highest BCUT2D eigenvalue weighted by Gasteiger charge is 2.24. The zero-order chi connectivity index (χ0) is 20.5. The Kier molecular flexibility index (Phi) is 5.83. The van der Waals surface area contributed by atoms with Gasteiger partial charge in [-0.15, -0.1) is 11.8 Å². The van der Waals surface area contributed by atoms with Gasteiger partial charge in [0.15, 0.2) is 5.13 Å². The number of benzene rings is 2. The Bertz CT molecular complexity index is 1040. The van der Waals surface area contributed by atoms with Crippen molar-refractivity contribution in [2.24, 2.45) is 0 Å². The van der Waals surface area contributed by atoms with Crippen LogP contribution in [0.3, 0.4) is 0 Å². The third-order valence-corrected chi connectivity index (χ3v) is 7.36. The Balaban J connectivity index is 1.44. The number of piperazine rings is 1. The van der Waals surface area contributed by atoms with Gasteiger partial charge in [-0.1, -0.05) is 37.3 Å². The van der Waals surface area contributed by atoms with Crippen molar-refractivity contribution in [3.8, 4) is 0 Å². The minimum absolute atomic E-state index is 0.131. The predicted molar refractivity (Wildman–Crippen MR) is 125 cm³/mol. The molecule has 1 amide bonds. The van der Waals surface area contributed by atoms with Crippen molar-refractivity contribution in [1.82, 2.24) is 9.88 Å². The molecule has 0 aliphatic carbocycles. The van der Waals surface area contributed by atoms with Crippen molar-refractivity contribution in [2.45, 2.75) is 37.8 Å². The fraction of sp³-hybridized carbons (Fsp3) is 0.391. The number of aromatic nitrogens is 1. The molecule has 0 atom stereocenters. The van der Waals surface area contributed by atoms with Crippen LogP contribution in [-0.4, -0.2) is 47.2 Å². The molecule has 0 saturated carbocycles. The molecule has 3 aromatic rings. The number of fused-ring (bicyclic) bond motifs is 1. The summed E-state index contributed by atoms with van der Waals surface area (Å²) in [5.41, 5.74) is 4.41. The van der Waals surface area contributed by atoms with E-state index in [9.17, 15) is 4.79 Å². The second kappa shape index (κ2) is 8.36. The monoisotopic (exact) mass is 425 g/mol. The summed E-state index contributed by atoms with van der Waals surface area (Å²) in [6, 6.07) is 12.4. The first-order valence-corrected chi connectivity index (χ1v) is 11.8. The quantitative estimate of drug-likeness (QED) is 0.526. The van der Waals surface area contributed by atoms with Gasteiger partial charge in [0, 0.05) is 41.9 Å². The molecule has 1 aromatic heterocycles. The van der Waals surface area contributed by atoms with Crippen LogP contribution in [0.1, 0.15) is 35.3 Å². The summed E-state index contributed by atoms with van der Waals surface area (Å²) >= 11 is 3.55. The Morgan fingerprint density at radius 2 is 1.86 bits per heavy atom. The van der Waals surface area contributed by atoms with Crippen molar-refractivity contribution in [3.63, 3.8) is 0 Å². The van der Waals surface area contributed by atoms with Crippen LogP contribution < -0.4 is 4.90 Å². The molecular formula is C23H27N3OS2. The number of amides is 1. The smallest absolute Gasteiger partial charge is 0.254 e. The number of aryl methyl sites for hydroxylation is 2. The molecule has 0 spiro atoms. The lowest BCUT2D eigenvalue weighted by Gasteiger charge is -2.34. The molecule has 0 radical (unpaired) electrons. The number of anilines is 1. The normalized spacial score (nSPS) is 14.8. The number of thioether (sulfide) groups is 1. The van der Waals surface area contributed by atoms with E-state index in [0.717, 1.165) is 47.3 Å². The first-order chi connectivity index (χ1) is 13.9. The number of hydrogen-bond donors (Lipinski definition) is 0. The Labute approximate surface area is 180 Å². The lowest BCUT2D eigenvalue weighted by Crippen LogP contribution is -2.48. The van der Waals surface area contributed by atoms with Crippen LogP contribution in [0.15, 0.2) is 41.3 Å². The van der Waals surface area contributed by atoms with Crippen LogP contribution in [0.5, 0.6) is 0 Å². The highest BCUT2D eigenvalue weighted by molar-refractivity contribution is 7.99. The topological polar surface area (TPSA) is 36.4 Å². The Morgan fingerprint density at radius 1 is 1.10 bits per heavy atom. The summed E-state index contributed by atoms with van der Waals surface area (Å²) in [6.45, 7) is 11.7. The van der Waals surface area contributed by atoms with Crippen molar-refractivity contribution in [1.29, 1.82) is 0 Å². The molecule has 0 bridgehead atoms. The minimum Gasteiger partial charge on any atom is -0.345 e. The molecule has 0 N–H and O–H groups in total. The van der Waals surface area contributed by atoms with Crippen LogP contribution in [0.4, 0.5) is 5.13 Å². The van der Waals surface area contributed by atoms with Crippen LogP contribution in [0.25, 0.3) is 10.2 Å². The molecular weight excluding hydrogens is 398 g/mol. The van der Waals surface area contributed by atoms with E-state index in [4.69, 9.17) is 4.98 Å². The molecule has 1 fully saturated rings. The largest absolute Gasteiger partial charge is 0.345 e. The highest BCUT2D eigenvalue weighted by Crippen LogP contribution is 2.32. The lowest BCUT2D eigenvalue weighted by molar-refractivity contribution is 0.0746. The molecule has 0 unspecified atom stereocenters. The van der Waals surface area contributed by atoms with E-state index >= 15 is 0 Å². The molecule has 1 saturated heterocycles. The number of carbonyl (C=O) groups is 1. The van der Waals surface area contributed by atoms with E-state index in [2.05, 4.69) is 50.8 Å². The molecule has 4 nitrogen and oxygen atoms in total. The maximum atomic E-state index is 13.0. The molecule has 2 heterocycles. The molecule has 1 aliphatic heterocycles. The van der Waals surface area contributed by atoms with E-state index in [1.54, 1.807) is 23.1 Å². The van der Waals surface area contributed by atoms with Crippen LogP contribution >= 0.6 is 23.1 Å². The van der Waals surface area contributed by atoms with Gasteiger partial charge in [0.05, 0.1) is 10.2 Å². The van der Waals surface area contributed by atoms with Gasteiger partial charge in [0.25, 0.3) is 5.91 Å². The van der Waals surface area contributed by atoms with Crippen molar-refractivity contribution >= 4 is 44.4 Å². The van der Waals surface area contributed by atoms with Gasteiger partial charge < -0.3 is 9.80 Å².